The van der Waals surface area contributed by atoms with Crippen LogP contribution in [0.4, 0.5) is 0 Å². The maximum Gasteiger partial charge on any atom is 0.331 e. The number of hydrogen-bond donors (Lipinski definition) is 1. The fourth-order valence-corrected chi connectivity index (χ4v) is 1.96. The largest absolute Gasteiger partial charge is 0.454 e. The SMILES string of the molecule is O=C(/C=C/c1cccc(Br)c1)OCC(=O)c1ccc[nH]1. The molecule has 0 aliphatic carbocycles. The fourth-order valence-electron chi connectivity index (χ4n) is 1.54. The van der Waals surface area contributed by atoms with E-state index in [1.165, 1.54) is 6.08 Å². The van der Waals surface area contributed by atoms with Crippen LogP contribution in [0.1, 0.15) is 16.1 Å². The summed E-state index contributed by atoms with van der Waals surface area (Å²) in [6.45, 7) is -0.276. The van der Waals surface area contributed by atoms with Gasteiger partial charge in [0.05, 0.1) is 5.69 Å². The van der Waals surface area contributed by atoms with Crippen molar-refractivity contribution in [1.29, 1.82) is 0 Å². The molecule has 0 aliphatic heterocycles. The van der Waals surface area contributed by atoms with E-state index in [-0.39, 0.29) is 12.4 Å². The van der Waals surface area contributed by atoms with Crippen LogP contribution in [0.2, 0.25) is 0 Å². The molecule has 0 atom stereocenters. The second kappa shape index (κ2) is 6.86. The average Bonchev–Trinajstić information content (AvgIpc) is 2.97. The van der Waals surface area contributed by atoms with E-state index in [2.05, 4.69) is 20.9 Å². The number of carbonyl (C=O) groups is 2. The summed E-state index contributed by atoms with van der Waals surface area (Å²) in [4.78, 5) is 25.8. The third-order valence-electron chi connectivity index (χ3n) is 2.50. The molecular formula is C15H12BrNO3. The van der Waals surface area contributed by atoms with Crippen LogP contribution >= 0.6 is 15.9 Å². The Morgan fingerprint density at radius 1 is 1.25 bits per heavy atom. The van der Waals surface area contributed by atoms with E-state index >= 15 is 0 Å². The van der Waals surface area contributed by atoms with Crippen LogP contribution in [0, 0.1) is 0 Å². The number of hydrogen-bond acceptors (Lipinski definition) is 3. The molecule has 0 amide bonds. The molecule has 0 fully saturated rings. The Balaban J connectivity index is 1.85. The molecule has 1 aromatic carbocycles. The summed E-state index contributed by atoms with van der Waals surface area (Å²) in [6.07, 6.45) is 4.57. The summed E-state index contributed by atoms with van der Waals surface area (Å²) in [5, 5.41) is 0. The Morgan fingerprint density at radius 2 is 2.10 bits per heavy atom. The molecule has 0 saturated heterocycles. The molecule has 2 aromatic rings. The van der Waals surface area contributed by atoms with Crippen LogP contribution in [-0.2, 0) is 9.53 Å². The fraction of sp³-hybridized carbons (Fsp3) is 0.0667. The summed E-state index contributed by atoms with van der Waals surface area (Å²) in [5.74, 6) is -0.816. The zero-order valence-electron chi connectivity index (χ0n) is 10.5. The highest BCUT2D eigenvalue weighted by molar-refractivity contribution is 9.10. The lowest BCUT2D eigenvalue weighted by Gasteiger charge is -2.00. The Morgan fingerprint density at radius 3 is 2.80 bits per heavy atom. The molecule has 4 nitrogen and oxygen atoms in total. The molecule has 1 heterocycles. The molecule has 0 aliphatic rings. The van der Waals surface area contributed by atoms with Crippen molar-refractivity contribution in [3.05, 3.63) is 64.4 Å². The summed E-state index contributed by atoms with van der Waals surface area (Å²) in [6, 6.07) is 10.8. The van der Waals surface area contributed by atoms with Crippen molar-refractivity contribution < 1.29 is 14.3 Å². The molecule has 0 saturated carbocycles. The van der Waals surface area contributed by atoms with E-state index in [4.69, 9.17) is 4.74 Å². The molecule has 2 rings (SSSR count). The van der Waals surface area contributed by atoms with E-state index in [1.54, 1.807) is 24.4 Å². The van der Waals surface area contributed by atoms with Gasteiger partial charge in [0.2, 0.25) is 5.78 Å². The third kappa shape index (κ3) is 4.20. The van der Waals surface area contributed by atoms with Gasteiger partial charge in [-0.05, 0) is 35.9 Å². The van der Waals surface area contributed by atoms with Crippen molar-refractivity contribution in [1.82, 2.24) is 4.98 Å². The highest BCUT2D eigenvalue weighted by Gasteiger charge is 2.08. The number of ether oxygens (including phenoxy) is 1. The second-order valence-corrected chi connectivity index (χ2v) is 4.92. The topological polar surface area (TPSA) is 59.2 Å². The zero-order valence-corrected chi connectivity index (χ0v) is 12.1. The normalized spacial score (nSPS) is 10.7. The molecule has 0 spiro atoms. The van der Waals surface area contributed by atoms with Gasteiger partial charge in [0.1, 0.15) is 0 Å². The molecule has 0 radical (unpaired) electrons. The van der Waals surface area contributed by atoms with Crippen LogP contribution in [0.5, 0.6) is 0 Å². The molecule has 1 aromatic heterocycles. The summed E-state index contributed by atoms with van der Waals surface area (Å²) in [7, 11) is 0. The number of rotatable bonds is 5. The minimum absolute atomic E-state index is 0.265. The Hall–Kier alpha value is -2.14. The number of ketones is 1. The predicted octanol–water partition coefficient (Wildman–Crippen LogP) is 3.22. The third-order valence-corrected chi connectivity index (χ3v) is 3.00. The predicted molar refractivity (Wildman–Crippen MR) is 79.3 cm³/mol. The van der Waals surface area contributed by atoms with E-state index in [0.29, 0.717) is 5.69 Å². The van der Waals surface area contributed by atoms with Gasteiger partial charge in [0, 0.05) is 16.7 Å². The Labute approximate surface area is 124 Å². The average molecular weight is 334 g/mol. The van der Waals surface area contributed by atoms with Crippen LogP contribution in [0.3, 0.4) is 0 Å². The number of aromatic nitrogens is 1. The first-order valence-corrected chi connectivity index (χ1v) is 6.71. The Kier molecular flexibility index (Phi) is 4.90. The molecule has 1 N–H and O–H groups in total. The minimum atomic E-state index is -0.551. The highest BCUT2D eigenvalue weighted by atomic mass is 79.9. The van der Waals surface area contributed by atoms with Crippen LogP contribution in [0.15, 0.2) is 53.1 Å². The summed E-state index contributed by atoms with van der Waals surface area (Å²) < 4.78 is 5.80. The lowest BCUT2D eigenvalue weighted by molar-refractivity contribution is -0.136. The molecule has 0 unspecified atom stereocenters. The van der Waals surface area contributed by atoms with Crippen LogP contribution < -0.4 is 0 Å². The van der Waals surface area contributed by atoms with E-state index in [1.807, 2.05) is 24.3 Å². The zero-order chi connectivity index (χ0) is 14.4. The van der Waals surface area contributed by atoms with Crippen molar-refractivity contribution >= 4 is 33.8 Å². The van der Waals surface area contributed by atoms with Crippen molar-refractivity contribution in [2.45, 2.75) is 0 Å². The Bertz CT molecular complexity index is 632. The van der Waals surface area contributed by atoms with Gasteiger partial charge >= 0.3 is 5.97 Å². The number of carbonyl (C=O) groups excluding carboxylic acids is 2. The van der Waals surface area contributed by atoms with Crippen molar-refractivity contribution in [3.63, 3.8) is 0 Å². The first kappa shape index (κ1) is 14.3. The number of benzene rings is 1. The van der Waals surface area contributed by atoms with Gasteiger partial charge in [0.15, 0.2) is 6.61 Å². The number of Topliss-reactive ketones (excluding diaryl/α,β-unsaturated/α-hetero) is 1. The van der Waals surface area contributed by atoms with Gasteiger partial charge in [-0.2, -0.15) is 0 Å². The van der Waals surface area contributed by atoms with Crippen molar-refractivity contribution in [2.24, 2.45) is 0 Å². The van der Waals surface area contributed by atoms with Crippen LogP contribution in [0.25, 0.3) is 6.08 Å². The van der Waals surface area contributed by atoms with Gasteiger partial charge in [0.25, 0.3) is 0 Å². The second-order valence-electron chi connectivity index (χ2n) is 4.00. The maximum absolute atomic E-state index is 11.6. The van der Waals surface area contributed by atoms with E-state index < -0.39 is 5.97 Å². The number of H-pyrrole nitrogens is 1. The number of aromatic amines is 1. The molecular weight excluding hydrogens is 322 g/mol. The monoisotopic (exact) mass is 333 g/mol. The van der Waals surface area contributed by atoms with Gasteiger partial charge < -0.3 is 9.72 Å². The summed E-state index contributed by atoms with van der Waals surface area (Å²) >= 11 is 3.34. The molecule has 5 heteroatoms. The van der Waals surface area contributed by atoms with Gasteiger partial charge in [-0.15, -0.1) is 0 Å². The molecule has 20 heavy (non-hydrogen) atoms. The van der Waals surface area contributed by atoms with Crippen molar-refractivity contribution in [2.75, 3.05) is 6.61 Å². The van der Waals surface area contributed by atoms with E-state index in [9.17, 15) is 9.59 Å². The standard InChI is InChI=1S/C15H12BrNO3/c16-12-4-1-3-11(9-12)6-7-15(19)20-10-14(18)13-5-2-8-17-13/h1-9,17H,10H2/b7-6+. The number of halogens is 1. The number of nitrogens with one attached hydrogen (secondary N) is 1. The van der Waals surface area contributed by atoms with Gasteiger partial charge in [-0.1, -0.05) is 28.1 Å². The lowest BCUT2D eigenvalue weighted by atomic mass is 10.2. The quantitative estimate of drug-likeness (QED) is 0.519. The lowest BCUT2D eigenvalue weighted by Crippen LogP contribution is -2.12. The van der Waals surface area contributed by atoms with Gasteiger partial charge in [-0.3, -0.25) is 4.79 Å². The molecule has 102 valence electrons. The highest BCUT2D eigenvalue weighted by Crippen LogP contribution is 2.12. The molecule has 0 bridgehead atoms. The smallest absolute Gasteiger partial charge is 0.331 e. The first-order chi connectivity index (χ1) is 9.65. The summed E-state index contributed by atoms with van der Waals surface area (Å²) in [5.41, 5.74) is 1.29. The maximum atomic E-state index is 11.6. The number of esters is 1. The minimum Gasteiger partial charge on any atom is -0.454 e. The van der Waals surface area contributed by atoms with Gasteiger partial charge in [-0.25, -0.2) is 4.79 Å². The van der Waals surface area contributed by atoms with Crippen molar-refractivity contribution in [3.8, 4) is 0 Å². The van der Waals surface area contributed by atoms with E-state index in [0.717, 1.165) is 10.0 Å². The van der Waals surface area contributed by atoms with Crippen LogP contribution in [-0.4, -0.2) is 23.3 Å². The first-order valence-electron chi connectivity index (χ1n) is 5.92.